The molecule has 0 atom stereocenters. The van der Waals surface area contributed by atoms with E-state index in [9.17, 15) is 0 Å². The molecule has 0 radical (unpaired) electrons. The Morgan fingerprint density at radius 1 is 1.50 bits per heavy atom. The summed E-state index contributed by atoms with van der Waals surface area (Å²) in [6.45, 7) is 0.268. The van der Waals surface area contributed by atoms with Gasteiger partial charge in [0.2, 0.25) is 0 Å². The van der Waals surface area contributed by atoms with Crippen LogP contribution in [0.1, 0.15) is 12.8 Å². The van der Waals surface area contributed by atoms with Crippen LogP contribution in [-0.4, -0.2) is 11.7 Å². The summed E-state index contributed by atoms with van der Waals surface area (Å²) in [6, 6.07) is 0. The second-order valence-electron chi connectivity index (χ2n) is 1.36. The van der Waals surface area contributed by atoms with Gasteiger partial charge in [0.1, 0.15) is 0 Å². The van der Waals surface area contributed by atoms with E-state index in [4.69, 9.17) is 5.11 Å². The van der Waals surface area contributed by atoms with Crippen LogP contribution in [0.3, 0.4) is 0 Å². The van der Waals surface area contributed by atoms with E-state index in [-0.39, 0.29) is 6.61 Å². The molecule has 3 heteroatoms. The van der Waals surface area contributed by atoms with Gasteiger partial charge in [0, 0.05) is 6.61 Å². The summed E-state index contributed by atoms with van der Waals surface area (Å²) in [4.78, 5) is 0. The number of allylic oxidation sites excluding steroid dienone is 1. The van der Waals surface area contributed by atoms with Crippen LogP contribution >= 0.6 is 31.9 Å². The lowest BCUT2D eigenvalue weighted by atomic mass is 10.3. The van der Waals surface area contributed by atoms with Gasteiger partial charge in [-0.2, -0.15) is 0 Å². The minimum atomic E-state index is 0.268. The molecule has 48 valence electrons. The zero-order valence-electron chi connectivity index (χ0n) is 4.40. The van der Waals surface area contributed by atoms with E-state index in [0.29, 0.717) is 0 Å². The maximum atomic E-state index is 8.32. The maximum Gasteiger partial charge on any atom is 0.0564 e. The van der Waals surface area contributed by atoms with Crippen molar-refractivity contribution in [3.63, 3.8) is 0 Å². The molecule has 0 aliphatic rings. The lowest BCUT2D eigenvalue weighted by Crippen LogP contribution is -1.77. The SMILES string of the molecule is OCCCC=C(Br)Br. The molecule has 8 heavy (non-hydrogen) atoms. The van der Waals surface area contributed by atoms with Crippen LogP contribution in [0.4, 0.5) is 0 Å². The van der Waals surface area contributed by atoms with Crippen molar-refractivity contribution in [2.75, 3.05) is 6.61 Å². The van der Waals surface area contributed by atoms with E-state index in [1.54, 1.807) is 0 Å². The average molecular weight is 244 g/mol. The minimum absolute atomic E-state index is 0.268. The molecule has 0 heterocycles. The highest BCUT2D eigenvalue weighted by Crippen LogP contribution is 2.13. The van der Waals surface area contributed by atoms with Crippen LogP contribution in [0.2, 0.25) is 0 Å². The quantitative estimate of drug-likeness (QED) is 0.755. The minimum Gasteiger partial charge on any atom is -0.396 e. The Labute approximate surface area is 66.0 Å². The molecule has 0 aromatic carbocycles. The monoisotopic (exact) mass is 242 g/mol. The molecule has 0 bridgehead atoms. The van der Waals surface area contributed by atoms with Crippen molar-refractivity contribution in [2.24, 2.45) is 0 Å². The first-order valence-corrected chi connectivity index (χ1v) is 3.98. The number of halogens is 2. The molecule has 0 unspecified atom stereocenters. The number of rotatable bonds is 3. The third-order valence-corrected chi connectivity index (χ3v) is 1.31. The van der Waals surface area contributed by atoms with Crippen molar-refractivity contribution in [2.45, 2.75) is 12.8 Å². The number of aliphatic hydroxyl groups is 1. The predicted molar refractivity (Wildman–Crippen MR) is 42.3 cm³/mol. The van der Waals surface area contributed by atoms with Crippen molar-refractivity contribution in [1.82, 2.24) is 0 Å². The molecule has 0 fully saturated rings. The molecular weight excluding hydrogens is 236 g/mol. The van der Waals surface area contributed by atoms with Crippen molar-refractivity contribution in [1.29, 1.82) is 0 Å². The first kappa shape index (κ1) is 8.66. The highest BCUT2D eigenvalue weighted by Gasteiger charge is 1.81. The van der Waals surface area contributed by atoms with E-state index >= 15 is 0 Å². The summed E-state index contributed by atoms with van der Waals surface area (Å²) < 4.78 is 0.957. The molecule has 0 aromatic rings. The fraction of sp³-hybridized carbons (Fsp3) is 0.600. The third-order valence-electron chi connectivity index (χ3n) is 0.661. The van der Waals surface area contributed by atoms with Gasteiger partial charge in [0.05, 0.1) is 3.39 Å². The highest BCUT2D eigenvalue weighted by atomic mass is 79.9. The Bertz CT molecular complexity index is 76.5. The van der Waals surface area contributed by atoms with Crippen LogP contribution in [0.25, 0.3) is 0 Å². The molecule has 0 aliphatic heterocycles. The zero-order valence-corrected chi connectivity index (χ0v) is 7.57. The normalized spacial score (nSPS) is 8.88. The number of hydrogen-bond donors (Lipinski definition) is 1. The van der Waals surface area contributed by atoms with E-state index in [0.717, 1.165) is 16.2 Å². The zero-order chi connectivity index (χ0) is 6.41. The van der Waals surface area contributed by atoms with E-state index in [1.807, 2.05) is 6.08 Å². The van der Waals surface area contributed by atoms with Crippen LogP contribution in [0.5, 0.6) is 0 Å². The van der Waals surface area contributed by atoms with Crippen molar-refractivity contribution in [3.8, 4) is 0 Å². The summed E-state index contributed by atoms with van der Waals surface area (Å²) in [5.74, 6) is 0. The summed E-state index contributed by atoms with van der Waals surface area (Å²) in [7, 11) is 0. The topological polar surface area (TPSA) is 20.2 Å². The van der Waals surface area contributed by atoms with E-state index < -0.39 is 0 Å². The second kappa shape index (κ2) is 5.79. The van der Waals surface area contributed by atoms with E-state index in [2.05, 4.69) is 31.9 Å². The van der Waals surface area contributed by atoms with E-state index in [1.165, 1.54) is 0 Å². The number of hydrogen-bond acceptors (Lipinski definition) is 1. The molecule has 0 spiro atoms. The Kier molecular flexibility index (Phi) is 6.27. The highest BCUT2D eigenvalue weighted by molar-refractivity contribution is 9.28. The first-order valence-electron chi connectivity index (χ1n) is 2.39. The Balaban J connectivity index is 3.03. The second-order valence-corrected chi connectivity index (χ2v) is 4.13. The van der Waals surface area contributed by atoms with Gasteiger partial charge in [-0.05, 0) is 44.7 Å². The largest absolute Gasteiger partial charge is 0.396 e. The van der Waals surface area contributed by atoms with Gasteiger partial charge in [0.25, 0.3) is 0 Å². The lowest BCUT2D eigenvalue weighted by Gasteiger charge is -1.86. The Morgan fingerprint density at radius 2 is 2.12 bits per heavy atom. The molecule has 0 aromatic heterocycles. The maximum absolute atomic E-state index is 8.32. The van der Waals surface area contributed by atoms with Crippen LogP contribution in [0.15, 0.2) is 9.47 Å². The smallest absolute Gasteiger partial charge is 0.0564 e. The molecule has 0 rings (SSSR count). The van der Waals surface area contributed by atoms with Crippen LogP contribution < -0.4 is 0 Å². The standard InChI is InChI=1S/C5H8Br2O/c6-5(7)3-1-2-4-8/h3,8H,1-2,4H2. The summed E-state index contributed by atoms with van der Waals surface area (Å²) in [6.07, 6.45) is 3.72. The van der Waals surface area contributed by atoms with Gasteiger partial charge in [-0.3, -0.25) is 0 Å². The molecule has 0 aliphatic carbocycles. The van der Waals surface area contributed by atoms with Gasteiger partial charge < -0.3 is 5.11 Å². The first-order chi connectivity index (χ1) is 3.77. The fourth-order valence-electron chi connectivity index (χ4n) is 0.302. The summed E-state index contributed by atoms with van der Waals surface area (Å²) in [5, 5.41) is 8.32. The molecule has 0 saturated carbocycles. The van der Waals surface area contributed by atoms with Crippen molar-refractivity contribution < 1.29 is 5.11 Å². The lowest BCUT2D eigenvalue weighted by molar-refractivity contribution is 0.289. The van der Waals surface area contributed by atoms with Gasteiger partial charge in [-0.25, -0.2) is 0 Å². The molecule has 1 nitrogen and oxygen atoms in total. The summed E-state index contributed by atoms with van der Waals surface area (Å²) >= 11 is 6.40. The molecular formula is C5H8Br2O. The predicted octanol–water partition coefficient (Wildman–Crippen LogP) is 2.39. The molecule has 0 saturated heterocycles. The fourth-order valence-corrected chi connectivity index (χ4v) is 0.760. The van der Waals surface area contributed by atoms with Gasteiger partial charge >= 0.3 is 0 Å². The van der Waals surface area contributed by atoms with Gasteiger partial charge in [-0.1, -0.05) is 6.08 Å². The average Bonchev–Trinajstić information content (AvgIpc) is 1.66. The number of aliphatic hydroxyl groups excluding tert-OH is 1. The van der Waals surface area contributed by atoms with Crippen LogP contribution in [-0.2, 0) is 0 Å². The summed E-state index contributed by atoms with van der Waals surface area (Å²) in [5.41, 5.74) is 0. The van der Waals surface area contributed by atoms with Crippen LogP contribution in [0, 0.1) is 0 Å². The van der Waals surface area contributed by atoms with Crippen molar-refractivity contribution in [3.05, 3.63) is 9.47 Å². The Morgan fingerprint density at radius 3 is 2.50 bits per heavy atom. The third kappa shape index (κ3) is 6.66. The van der Waals surface area contributed by atoms with Crippen molar-refractivity contribution >= 4 is 31.9 Å². The van der Waals surface area contributed by atoms with Gasteiger partial charge in [0.15, 0.2) is 0 Å². The number of unbranched alkanes of at least 4 members (excludes halogenated alkanes) is 1. The molecule has 1 N–H and O–H groups in total. The molecule has 0 amide bonds. The Hall–Kier alpha value is 0.660. The van der Waals surface area contributed by atoms with Gasteiger partial charge in [-0.15, -0.1) is 0 Å².